The quantitative estimate of drug-likeness (QED) is 0.595. The number of nitrogens with one attached hydrogen (secondary N) is 1. The summed E-state index contributed by atoms with van der Waals surface area (Å²) >= 11 is 0. The second-order valence-electron chi connectivity index (χ2n) is 3.96. The van der Waals surface area contributed by atoms with Gasteiger partial charge in [-0.1, -0.05) is 6.42 Å². The number of likely N-dealkylation sites (tertiary alicyclic amines) is 1. The van der Waals surface area contributed by atoms with E-state index in [0.717, 1.165) is 32.5 Å². The lowest BCUT2D eigenvalue weighted by Gasteiger charge is -2.44. The lowest BCUT2D eigenvalue weighted by Crippen LogP contribution is -2.63. The van der Waals surface area contributed by atoms with Gasteiger partial charge < -0.3 is 11.1 Å². The number of hydrogen-bond acceptors (Lipinski definition) is 3. The van der Waals surface area contributed by atoms with Crippen molar-refractivity contribution in [1.82, 2.24) is 10.2 Å². The van der Waals surface area contributed by atoms with Crippen molar-refractivity contribution >= 4 is 5.91 Å². The molecule has 2 rings (SSSR count). The maximum Gasteiger partial charge on any atom is 0.234 e. The monoisotopic (exact) mass is 183 g/mol. The topological polar surface area (TPSA) is 58.4 Å². The van der Waals surface area contributed by atoms with Crippen LogP contribution in [-0.4, -0.2) is 42.5 Å². The van der Waals surface area contributed by atoms with Gasteiger partial charge in [-0.05, 0) is 19.4 Å². The van der Waals surface area contributed by atoms with Crippen molar-refractivity contribution in [3.8, 4) is 0 Å². The molecule has 1 amide bonds. The Bertz CT molecular complexity index is 203. The van der Waals surface area contributed by atoms with E-state index >= 15 is 0 Å². The number of nitrogens with zero attached hydrogens (tertiary/aromatic N) is 1. The van der Waals surface area contributed by atoms with E-state index in [-0.39, 0.29) is 11.9 Å². The molecule has 0 radical (unpaired) electrons. The van der Waals surface area contributed by atoms with Gasteiger partial charge in [0.25, 0.3) is 0 Å². The molecule has 0 aromatic heterocycles. The van der Waals surface area contributed by atoms with Crippen LogP contribution < -0.4 is 11.1 Å². The van der Waals surface area contributed by atoms with Crippen molar-refractivity contribution < 1.29 is 4.79 Å². The van der Waals surface area contributed by atoms with E-state index in [2.05, 4.69) is 10.2 Å². The highest BCUT2D eigenvalue weighted by Crippen LogP contribution is 2.20. The van der Waals surface area contributed by atoms with E-state index in [9.17, 15) is 4.79 Å². The Kier molecular flexibility index (Phi) is 2.51. The van der Waals surface area contributed by atoms with Crippen molar-refractivity contribution in [2.75, 3.05) is 19.6 Å². The molecular weight excluding hydrogens is 166 g/mol. The van der Waals surface area contributed by atoms with E-state index in [0.29, 0.717) is 6.04 Å². The lowest BCUT2D eigenvalue weighted by atomic mass is 9.97. The van der Waals surface area contributed by atoms with Crippen LogP contribution in [0.15, 0.2) is 0 Å². The molecule has 0 aromatic rings. The fraction of sp³-hybridized carbons (Fsp3) is 0.889. The number of rotatable bonds is 2. The average molecular weight is 183 g/mol. The molecule has 2 aliphatic rings. The van der Waals surface area contributed by atoms with Crippen LogP contribution in [0.3, 0.4) is 0 Å². The van der Waals surface area contributed by atoms with E-state index in [1.165, 1.54) is 6.42 Å². The van der Waals surface area contributed by atoms with Crippen LogP contribution in [-0.2, 0) is 4.79 Å². The Balaban J connectivity index is 1.99. The number of nitrogens with two attached hydrogens (primary N) is 1. The minimum atomic E-state index is -0.147. The summed E-state index contributed by atoms with van der Waals surface area (Å²) in [5.41, 5.74) is 5.37. The highest BCUT2D eigenvalue weighted by atomic mass is 16.1. The zero-order valence-electron chi connectivity index (χ0n) is 7.83. The lowest BCUT2D eigenvalue weighted by molar-refractivity contribution is -0.126. The van der Waals surface area contributed by atoms with Gasteiger partial charge >= 0.3 is 0 Å². The Morgan fingerprint density at radius 2 is 2.15 bits per heavy atom. The van der Waals surface area contributed by atoms with E-state index in [4.69, 9.17) is 5.73 Å². The summed E-state index contributed by atoms with van der Waals surface area (Å²) in [5.74, 6) is -0.147. The first-order valence-electron chi connectivity index (χ1n) is 5.05. The summed E-state index contributed by atoms with van der Waals surface area (Å²) in [6, 6.07) is 0.554. The second-order valence-corrected chi connectivity index (χ2v) is 3.96. The Morgan fingerprint density at radius 3 is 2.69 bits per heavy atom. The zero-order valence-corrected chi connectivity index (χ0v) is 7.83. The molecule has 4 heteroatoms. The summed E-state index contributed by atoms with van der Waals surface area (Å²) in [5, 5.41) is 3.22. The first kappa shape index (κ1) is 8.97. The zero-order chi connectivity index (χ0) is 9.26. The molecule has 0 aliphatic carbocycles. The molecule has 1 atom stereocenters. The van der Waals surface area contributed by atoms with Crippen LogP contribution in [0.4, 0.5) is 0 Å². The minimum absolute atomic E-state index is 0.000787. The molecule has 2 fully saturated rings. The maximum absolute atomic E-state index is 11.2. The van der Waals surface area contributed by atoms with E-state index < -0.39 is 0 Å². The smallest absolute Gasteiger partial charge is 0.234 e. The van der Waals surface area contributed by atoms with Gasteiger partial charge in [-0.25, -0.2) is 0 Å². The summed E-state index contributed by atoms with van der Waals surface area (Å²) in [6.45, 7) is 3.08. The predicted octanol–water partition coefficient (Wildman–Crippen LogP) is -0.702. The predicted molar refractivity (Wildman–Crippen MR) is 50.2 cm³/mol. The number of piperidine rings is 1. The van der Waals surface area contributed by atoms with Crippen LogP contribution in [0.25, 0.3) is 0 Å². The summed E-state index contributed by atoms with van der Waals surface area (Å²) in [4.78, 5) is 13.4. The molecule has 2 aliphatic heterocycles. The molecule has 13 heavy (non-hydrogen) atoms. The molecule has 0 saturated carbocycles. The fourth-order valence-corrected chi connectivity index (χ4v) is 2.20. The minimum Gasteiger partial charge on any atom is -0.368 e. The average Bonchev–Trinajstić information content (AvgIpc) is 2.02. The van der Waals surface area contributed by atoms with E-state index in [1.54, 1.807) is 0 Å². The third-order valence-electron chi connectivity index (χ3n) is 3.10. The number of carbonyl (C=O) groups excluding carboxylic acids is 1. The van der Waals surface area contributed by atoms with Crippen LogP contribution in [0.2, 0.25) is 0 Å². The standard InChI is InChI=1S/C9H17N3O/c10-9(13)8-3-1-2-4-12(8)7-5-11-6-7/h7-8,11H,1-6H2,(H2,10,13). The van der Waals surface area contributed by atoms with Crippen molar-refractivity contribution in [3.05, 3.63) is 0 Å². The molecule has 3 N–H and O–H groups in total. The number of primary amides is 1. The van der Waals surface area contributed by atoms with Crippen molar-refractivity contribution in [1.29, 1.82) is 0 Å². The van der Waals surface area contributed by atoms with Crippen LogP contribution in [0.1, 0.15) is 19.3 Å². The molecular formula is C9H17N3O. The highest BCUT2D eigenvalue weighted by Gasteiger charge is 2.34. The van der Waals surface area contributed by atoms with Crippen molar-refractivity contribution in [3.63, 3.8) is 0 Å². The Hall–Kier alpha value is -0.610. The van der Waals surface area contributed by atoms with Crippen LogP contribution in [0.5, 0.6) is 0 Å². The van der Waals surface area contributed by atoms with Gasteiger partial charge in [0.2, 0.25) is 5.91 Å². The SMILES string of the molecule is NC(=O)C1CCCCN1C1CNC1. The fourth-order valence-electron chi connectivity index (χ4n) is 2.20. The van der Waals surface area contributed by atoms with Crippen LogP contribution in [0, 0.1) is 0 Å². The molecule has 74 valence electrons. The molecule has 2 saturated heterocycles. The van der Waals surface area contributed by atoms with Gasteiger partial charge in [-0.15, -0.1) is 0 Å². The molecule has 0 bridgehead atoms. The van der Waals surface area contributed by atoms with E-state index in [1.807, 2.05) is 0 Å². The molecule has 2 heterocycles. The Morgan fingerprint density at radius 1 is 1.38 bits per heavy atom. The van der Waals surface area contributed by atoms with Gasteiger partial charge in [-0.2, -0.15) is 0 Å². The largest absolute Gasteiger partial charge is 0.368 e. The number of amides is 1. The van der Waals surface area contributed by atoms with Gasteiger partial charge in [0, 0.05) is 19.1 Å². The van der Waals surface area contributed by atoms with Crippen LogP contribution >= 0.6 is 0 Å². The third-order valence-corrected chi connectivity index (χ3v) is 3.10. The van der Waals surface area contributed by atoms with Gasteiger partial charge in [-0.3, -0.25) is 9.69 Å². The number of hydrogen-bond donors (Lipinski definition) is 2. The van der Waals surface area contributed by atoms with Gasteiger partial charge in [0.1, 0.15) is 0 Å². The Labute approximate surface area is 78.5 Å². The molecule has 0 spiro atoms. The highest BCUT2D eigenvalue weighted by molar-refractivity contribution is 5.80. The molecule has 1 unspecified atom stereocenters. The molecule has 4 nitrogen and oxygen atoms in total. The van der Waals surface area contributed by atoms with Crippen molar-refractivity contribution in [2.24, 2.45) is 5.73 Å². The number of carbonyl (C=O) groups is 1. The van der Waals surface area contributed by atoms with Crippen molar-refractivity contribution in [2.45, 2.75) is 31.3 Å². The summed E-state index contributed by atoms with van der Waals surface area (Å²) in [6.07, 6.45) is 3.30. The third kappa shape index (κ3) is 1.69. The maximum atomic E-state index is 11.2. The van der Waals surface area contributed by atoms with Gasteiger partial charge in [0.15, 0.2) is 0 Å². The summed E-state index contributed by atoms with van der Waals surface area (Å²) in [7, 11) is 0. The van der Waals surface area contributed by atoms with Gasteiger partial charge in [0.05, 0.1) is 6.04 Å². The first-order valence-corrected chi connectivity index (χ1v) is 5.05. The molecule has 0 aromatic carbocycles. The first-order chi connectivity index (χ1) is 6.29. The second kappa shape index (κ2) is 3.64. The normalized spacial score (nSPS) is 31.2. The summed E-state index contributed by atoms with van der Waals surface area (Å²) < 4.78 is 0.